The Morgan fingerprint density at radius 3 is 2.50 bits per heavy atom. The summed E-state index contributed by atoms with van der Waals surface area (Å²) >= 11 is 2.05. The minimum absolute atomic E-state index is 0.0327. The van der Waals surface area contributed by atoms with Crippen LogP contribution in [0.5, 0.6) is 0 Å². The van der Waals surface area contributed by atoms with Gasteiger partial charge in [-0.2, -0.15) is 11.8 Å². The monoisotopic (exact) mass is 298 g/mol. The van der Waals surface area contributed by atoms with E-state index in [2.05, 4.69) is 49.7 Å². The molecule has 2 fully saturated rings. The van der Waals surface area contributed by atoms with Crippen LogP contribution in [0.1, 0.15) is 47.0 Å². The van der Waals surface area contributed by atoms with Gasteiger partial charge in [-0.15, -0.1) is 0 Å². The van der Waals surface area contributed by atoms with E-state index < -0.39 is 0 Å². The molecule has 2 rings (SSSR count). The normalized spacial score (nSPS) is 30.2. The van der Waals surface area contributed by atoms with Crippen molar-refractivity contribution in [2.75, 3.05) is 18.1 Å². The molecule has 3 nitrogen and oxygen atoms in total. The number of thioether (sulfide) groups is 1. The Kier molecular flexibility index (Phi) is 5.79. The zero-order valence-electron chi connectivity index (χ0n) is 13.4. The maximum atomic E-state index is 12.8. The second-order valence-electron chi connectivity index (χ2n) is 6.77. The smallest absolute Gasteiger partial charge is 0.241 e. The molecular formula is C16H30N2OS. The van der Waals surface area contributed by atoms with Crippen LogP contribution in [0.25, 0.3) is 0 Å². The molecule has 1 N–H and O–H groups in total. The van der Waals surface area contributed by atoms with E-state index in [0.29, 0.717) is 23.7 Å². The van der Waals surface area contributed by atoms with E-state index in [0.717, 1.165) is 13.0 Å². The lowest BCUT2D eigenvalue weighted by Crippen LogP contribution is -2.44. The van der Waals surface area contributed by atoms with Crippen molar-refractivity contribution in [1.29, 1.82) is 0 Å². The van der Waals surface area contributed by atoms with Crippen LogP contribution in [-0.2, 0) is 4.79 Å². The van der Waals surface area contributed by atoms with Crippen LogP contribution in [0, 0.1) is 17.8 Å². The van der Waals surface area contributed by atoms with Gasteiger partial charge in [0.05, 0.1) is 12.2 Å². The standard InChI is InChI=1S/C16H30N2OS/c1-5-12(4)14-16(19)18(15(17-14)11(2)3)10-13-6-8-20-9-7-13/h11-15,17H,5-10H2,1-4H3. The van der Waals surface area contributed by atoms with Crippen molar-refractivity contribution in [1.82, 2.24) is 10.2 Å². The number of nitrogens with one attached hydrogen (secondary N) is 1. The van der Waals surface area contributed by atoms with Gasteiger partial charge in [0, 0.05) is 6.54 Å². The van der Waals surface area contributed by atoms with Crippen molar-refractivity contribution in [3.05, 3.63) is 0 Å². The van der Waals surface area contributed by atoms with Gasteiger partial charge in [0.25, 0.3) is 0 Å². The lowest BCUT2D eigenvalue weighted by molar-refractivity contribution is -0.132. The average molecular weight is 298 g/mol. The summed E-state index contributed by atoms with van der Waals surface area (Å²) in [7, 11) is 0. The molecule has 0 aromatic carbocycles. The number of amides is 1. The molecule has 1 amide bonds. The minimum Gasteiger partial charge on any atom is -0.325 e. The quantitative estimate of drug-likeness (QED) is 0.847. The first kappa shape index (κ1) is 16.2. The maximum Gasteiger partial charge on any atom is 0.241 e. The summed E-state index contributed by atoms with van der Waals surface area (Å²) in [5, 5.41) is 3.60. The first-order valence-electron chi connectivity index (χ1n) is 8.18. The van der Waals surface area contributed by atoms with Crippen LogP contribution < -0.4 is 5.32 Å². The molecular weight excluding hydrogens is 268 g/mol. The zero-order valence-corrected chi connectivity index (χ0v) is 14.2. The first-order valence-corrected chi connectivity index (χ1v) is 9.34. The topological polar surface area (TPSA) is 32.3 Å². The Morgan fingerprint density at radius 2 is 1.95 bits per heavy atom. The van der Waals surface area contributed by atoms with Gasteiger partial charge in [-0.1, -0.05) is 34.1 Å². The van der Waals surface area contributed by atoms with Crippen molar-refractivity contribution in [3.8, 4) is 0 Å². The van der Waals surface area contributed by atoms with Crippen LogP contribution >= 0.6 is 11.8 Å². The van der Waals surface area contributed by atoms with Gasteiger partial charge in [0.15, 0.2) is 0 Å². The summed E-state index contributed by atoms with van der Waals surface area (Å²) in [6.07, 6.45) is 3.83. The van der Waals surface area contributed by atoms with Gasteiger partial charge in [-0.3, -0.25) is 10.1 Å². The fraction of sp³-hybridized carbons (Fsp3) is 0.938. The van der Waals surface area contributed by atoms with E-state index in [4.69, 9.17) is 0 Å². The minimum atomic E-state index is 0.0327. The average Bonchev–Trinajstić information content (AvgIpc) is 2.77. The summed E-state index contributed by atoms with van der Waals surface area (Å²) in [6, 6.07) is 0.0327. The van der Waals surface area contributed by atoms with E-state index in [1.54, 1.807) is 0 Å². The van der Waals surface area contributed by atoms with Crippen LogP contribution in [0.3, 0.4) is 0 Å². The molecule has 116 valence electrons. The highest BCUT2D eigenvalue weighted by atomic mass is 32.2. The number of hydrogen-bond acceptors (Lipinski definition) is 3. The summed E-state index contributed by atoms with van der Waals surface area (Å²) in [5.41, 5.74) is 0. The Hall–Kier alpha value is -0.220. The molecule has 2 aliphatic heterocycles. The SMILES string of the molecule is CCC(C)C1NC(C(C)C)N(CC2CCSCC2)C1=O. The maximum absolute atomic E-state index is 12.8. The van der Waals surface area contributed by atoms with E-state index in [1.165, 1.54) is 24.3 Å². The second kappa shape index (κ2) is 7.17. The van der Waals surface area contributed by atoms with Crippen molar-refractivity contribution < 1.29 is 4.79 Å². The molecule has 2 heterocycles. The Labute approximate surface area is 128 Å². The van der Waals surface area contributed by atoms with Crippen molar-refractivity contribution >= 4 is 17.7 Å². The number of hydrogen-bond donors (Lipinski definition) is 1. The van der Waals surface area contributed by atoms with Crippen molar-refractivity contribution in [2.24, 2.45) is 17.8 Å². The molecule has 4 heteroatoms. The third-order valence-electron chi connectivity index (χ3n) is 4.88. The molecule has 2 saturated heterocycles. The molecule has 0 bridgehead atoms. The molecule has 0 aliphatic carbocycles. The third kappa shape index (κ3) is 3.51. The molecule has 0 radical (unpaired) electrons. The molecule has 20 heavy (non-hydrogen) atoms. The predicted octanol–water partition coefficient (Wildman–Crippen LogP) is 2.96. The fourth-order valence-corrected chi connectivity index (χ4v) is 4.47. The number of carbonyl (C=O) groups excluding carboxylic acids is 1. The van der Waals surface area contributed by atoms with Crippen LogP contribution in [0.15, 0.2) is 0 Å². The van der Waals surface area contributed by atoms with Gasteiger partial charge >= 0.3 is 0 Å². The fourth-order valence-electron chi connectivity index (χ4n) is 3.27. The van der Waals surface area contributed by atoms with E-state index in [1.807, 2.05) is 0 Å². The number of rotatable bonds is 5. The summed E-state index contributed by atoms with van der Waals surface area (Å²) in [6.45, 7) is 9.75. The Bertz CT molecular complexity index is 328. The Balaban J connectivity index is 2.04. The predicted molar refractivity (Wildman–Crippen MR) is 86.8 cm³/mol. The third-order valence-corrected chi connectivity index (χ3v) is 5.92. The van der Waals surface area contributed by atoms with E-state index in [9.17, 15) is 4.79 Å². The van der Waals surface area contributed by atoms with Gasteiger partial charge < -0.3 is 4.90 Å². The molecule has 0 aromatic rings. The van der Waals surface area contributed by atoms with Crippen LogP contribution in [0.4, 0.5) is 0 Å². The number of carbonyl (C=O) groups is 1. The lowest BCUT2D eigenvalue weighted by atomic mass is 9.98. The van der Waals surface area contributed by atoms with Crippen molar-refractivity contribution in [3.63, 3.8) is 0 Å². The summed E-state index contributed by atoms with van der Waals surface area (Å²) in [5.74, 6) is 4.49. The van der Waals surface area contributed by atoms with Gasteiger partial charge in [-0.25, -0.2) is 0 Å². The zero-order chi connectivity index (χ0) is 14.7. The molecule has 0 saturated carbocycles. The van der Waals surface area contributed by atoms with Gasteiger partial charge in [0.1, 0.15) is 0 Å². The highest BCUT2D eigenvalue weighted by Gasteiger charge is 2.42. The molecule has 3 unspecified atom stereocenters. The lowest BCUT2D eigenvalue weighted by Gasteiger charge is -2.32. The van der Waals surface area contributed by atoms with E-state index in [-0.39, 0.29) is 12.2 Å². The second-order valence-corrected chi connectivity index (χ2v) is 7.99. The van der Waals surface area contributed by atoms with E-state index >= 15 is 0 Å². The van der Waals surface area contributed by atoms with Gasteiger partial charge in [-0.05, 0) is 42.1 Å². The van der Waals surface area contributed by atoms with Crippen LogP contribution in [0.2, 0.25) is 0 Å². The highest BCUT2D eigenvalue weighted by molar-refractivity contribution is 7.99. The van der Waals surface area contributed by atoms with Crippen LogP contribution in [-0.4, -0.2) is 41.1 Å². The largest absolute Gasteiger partial charge is 0.325 e. The molecule has 3 atom stereocenters. The first-order chi connectivity index (χ1) is 9.54. The Morgan fingerprint density at radius 1 is 1.30 bits per heavy atom. The summed E-state index contributed by atoms with van der Waals surface area (Å²) < 4.78 is 0. The molecule has 0 spiro atoms. The summed E-state index contributed by atoms with van der Waals surface area (Å²) in [4.78, 5) is 14.9. The highest BCUT2D eigenvalue weighted by Crippen LogP contribution is 2.28. The molecule has 2 aliphatic rings. The van der Waals surface area contributed by atoms with Crippen molar-refractivity contribution in [2.45, 2.75) is 59.2 Å². The number of nitrogens with zero attached hydrogens (tertiary/aromatic N) is 1. The van der Waals surface area contributed by atoms with Gasteiger partial charge in [0.2, 0.25) is 5.91 Å². The molecule has 0 aromatic heterocycles.